The predicted octanol–water partition coefficient (Wildman–Crippen LogP) is 2.87. The van der Waals surface area contributed by atoms with Crippen LogP contribution in [-0.2, 0) is 4.79 Å². The average molecular weight is 296 g/mol. The van der Waals surface area contributed by atoms with Crippen LogP contribution in [-0.4, -0.2) is 47.2 Å². The number of hydrogen-bond acceptors (Lipinski definition) is 3. The Labute approximate surface area is 129 Å². The highest BCUT2D eigenvalue weighted by atomic mass is 16.4. The van der Waals surface area contributed by atoms with Gasteiger partial charge in [0, 0.05) is 12.6 Å². The maximum absolute atomic E-state index is 11.8. The first-order valence-corrected chi connectivity index (χ1v) is 8.83. The third kappa shape index (κ3) is 3.98. The summed E-state index contributed by atoms with van der Waals surface area (Å²) in [6, 6.07) is 0.459. The van der Waals surface area contributed by atoms with Gasteiger partial charge in [-0.1, -0.05) is 20.3 Å². The maximum Gasteiger partial charge on any atom is 0.323 e. The summed E-state index contributed by atoms with van der Waals surface area (Å²) >= 11 is 0. The molecule has 3 atom stereocenters. The minimum atomic E-state index is -0.679. The van der Waals surface area contributed by atoms with E-state index in [1.807, 2.05) is 0 Å². The van der Waals surface area contributed by atoms with Crippen LogP contribution in [0.2, 0.25) is 0 Å². The number of nitrogens with one attached hydrogen (secondary N) is 1. The van der Waals surface area contributed by atoms with E-state index < -0.39 is 11.5 Å². The Morgan fingerprint density at radius 2 is 2.14 bits per heavy atom. The van der Waals surface area contributed by atoms with Gasteiger partial charge in [-0.15, -0.1) is 0 Å². The smallest absolute Gasteiger partial charge is 0.323 e. The number of likely N-dealkylation sites (tertiary alicyclic amines) is 1. The van der Waals surface area contributed by atoms with E-state index in [9.17, 15) is 9.90 Å². The molecule has 0 radical (unpaired) electrons. The normalized spacial score (nSPS) is 34.2. The van der Waals surface area contributed by atoms with E-state index in [0.717, 1.165) is 38.1 Å². The molecule has 0 aromatic carbocycles. The van der Waals surface area contributed by atoms with Gasteiger partial charge >= 0.3 is 5.97 Å². The van der Waals surface area contributed by atoms with Gasteiger partial charge in [-0.3, -0.25) is 4.79 Å². The summed E-state index contributed by atoms with van der Waals surface area (Å²) in [5.41, 5.74) is -0.679. The van der Waals surface area contributed by atoms with Crippen LogP contribution in [0.25, 0.3) is 0 Å². The van der Waals surface area contributed by atoms with Crippen LogP contribution in [0.3, 0.4) is 0 Å². The minimum Gasteiger partial charge on any atom is -0.480 e. The lowest BCUT2D eigenvalue weighted by molar-refractivity contribution is -0.147. The second kappa shape index (κ2) is 7.59. The molecule has 21 heavy (non-hydrogen) atoms. The predicted molar refractivity (Wildman–Crippen MR) is 85.5 cm³/mol. The van der Waals surface area contributed by atoms with Crippen LogP contribution in [0.1, 0.15) is 65.2 Å². The molecular formula is C17H32N2O2. The molecule has 4 heteroatoms. The summed E-state index contributed by atoms with van der Waals surface area (Å²) in [5.74, 6) is 0.185. The monoisotopic (exact) mass is 296 g/mol. The second-order valence-electron chi connectivity index (χ2n) is 7.00. The zero-order valence-corrected chi connectivity index (χ0v) is 13.7. The van der Waals surface area contributed by atoms with Gasteiger partial charge in [-0.2, -0.15) is 0 Å². The van der Waals surface area contributed by atoms with Gasteiger partial charge in [0.15, 0.2) is 0 Å². The van der Waals surface area contributed by atoms with Gasteiger partial charge < -0.3 is 15.3 Å². The maximum atomic E-state index is 11.8. The fraction of sp³-hybridized carbons (Fsp3) is 0.941. The van der Waals surface area contributed by atoms with Crippen LogP contribution in [0.4, 0.5) is 0 Å². The molecule has 2 aliphatic rings. The van der Waals surface area contributed by atoms with Gasteiger partial charge in [-0.25, -0.2) is 0 Å². The van der Waals surface area contributed by atoms with Crippen molar-refractivity contribution in [3.05, 3.63) is 0 Å². The Bertz CT molecular complexity index is 348. The SMILES string of the molecule is CCCNC1(C(=O)O)CCCC(N2CCC(CCC)C2)C1. The molecule has 2 N–H and O–H groups in total. The molecule has 1 aliphatic heterocycles. The number of rotatable bonds is 7. The summed E-state index contributed by atoms with van der Waals surface area (Å²) in [4.78, 5) is 14.4. The quantitative estimate of drug-likeness (QED) is 0.758. The average Bonchev–Trinajstić information content (AvgIpc) is 2.94. The molecule has 1 heterocycles. The first-order chi connectivity index (χ1) is 10.1. The van der Waals surface area contributed by atoms with Crippen molar-refractivity contribution >= 4 is 5.97 Å². The van der Waals surface area contributed by atoms with E-state index in [1.54, 1.807) is 0 Å². The number of nitrogens with zero attached hydrogens (tertiary/aromatic N) is 1. The zero-order chi connectivity index (χ0) is 15.3. The fourth-order valence-electron chi connectivity index (χ4n) is 4.19. The summed E-state index contributed by atoms with van der Waals surface area (Å²) in [6.45, 7) is 7.50. The van der Waals surface area contributed by atoms with Crippen LogP contribution in [0.5, 0.6) is 0 Å². The third-order valence-electron chi connectivity index (χ3n) is 5.38. The molecule has 122 valence electrons. The largest absolute Gasteiger partial charge is 0.480 e. The van der Waals surface area contributed by atoms with Crippen molar-refractivity contribution in [3.63, 3.8) is 0 Å². The van der Waals surface area contributed by atoms with Gasteiger partial charge in [0.2, 0.25) is 0 Å². The van der Waals surface area contributed by atoms with Crippen LogP contribution in [0, 0.1) is 5.92 Å². The zero-order valence-electron chi connectivity index (χ0n) is 13.7. The van der Waals surface area contributed by atoms with Crippen LogP contribution < -0.4 is 5.32 Å². The number of carbonyl (C=O) groups is 1. The summed E-state index contributed by atoms with van der Waals surface area (Å²) < 4.78 is 0. The molecule has 2 rings (SSSR count). The van der Waals surface area contributed by atoms with Gasteiger partial charge in [-0.05, 0) is 64.0 Å². The molecule has 1 aliphatic carbocycles. The highest BCUT2D eigenvalue weighted by molar-refractivity contribution is 5.79. The molecule has 1 saturated heterocycles. The van der Waals surface area contributed by atoms with E-state index in [0.29, 0.717) is 6.04 Å². The van der Waals surface area contributed by atoms with Crippen LogP contribution in [0.15, 0.2) is 0 Å². The molecular weight excluding hydrogens is 264 g/mol. The first kappa shape index (κ1) is 16.8. The highest BCUT2D eigenvalue weighted by Crippen LogP contribution is 2.34. The number of carboxylic acid groups (broad SMARTS) is 1. The fourth-order valence-corrected chi connectivity index (χ4v) is 4.19. The van der Waals surface area contributed by atoms with Gasteiger partial charge in [0.1, 0.15) is 5.54 Å². The Balaban J connectivity index is 1.97. The summed E-state index contributed by atoms with van der Waals surface area (Å²) in [5, 5.41) is 13.1. The second-order valence-corrected chi connectivity index (χ2v) is 7.00. The third-order valence-corrected chi connectivity index (χ3v) is 5.38. The van der Waals surface area contributed by atoms with Gasteiger partial charge in [0.25, 0.3) is 0 Å². The minimum absolute atomic E-state index is 0.459. The van der Waals surface area contributed by atoms with Crippen molar-refractivity contribution in [1.29, 1.82) is 0 Å². The Hall–Kier alpha value is -0.610. The highest BCUT2D eigenvalue weighted by Gasteiger charge is 2.44. The lowest BCUT2D eigenvalue weighted by Gasteiger charge is -2.42. The number of hydrogen-bond donors (Lipinski definition) is 2. The summed E-state index contributed by atoms with van der Waals surface area (Å²) in [7, 11) is 0. The van der Waals surface area contributed by atoms with E-state index in [-0.39, 0.29) is 0 Å². The van der Waals surface area contributed by atoms with Crippen molar-refractivity contribution in [2.24, 2.45) is 5.92 Å². The standard InChI is InChI=1S/C17H32N2O2/c1-3-6-14-8-11-19(13-14)15-7-5-9-17(12-15,16(20)21)18-10-4-2/h14-15,18H,3-13H2,1-2H3,(H,20,21). The molecule has 0 amide bonds. The van der Waals surface area contributed by atoms with Crippen molar-refractivity contribution < 1.29 is 9.90 Å². The first-order valence-electron chi connectivity index (χ1n) is 8.83. The Kier molecular flexibility index (Phi) is 6.06. The molecule has 0 spiro atoms. The van der Waals surface area contributed by atoms with E-state index in [1.165, 1.54) is 38.8 Å². The topological polar surface area (TPSA) is 52.6 Å². The molecule has 2 fully saturated rings. The van der Waals surface area contributed by atoms with Crippen molar-refractivity contribution in [2.45, 2.75) is 76.8 Å². The van der Waals surface area contributed by atoms with Gasteiger partial charge in [0.05, 0.1) is 0 Å². The lowest BCUT2D eigenvalue weighted by Crippen LogP contribution is -2.58. The molecule has 0 aromatic heterocycles. The summed E-state index contributed by atoms with van der Waals surface area (Å²) in [6.07, 6.45) is 8.63. The number of carboxylic acids is 1. The van der Waals surface area contributed by atoms with Crippen molar-refractivity contribution in [1.82, 2.24) is 10.2 Å². The molecule has 3 unspecified atom stereocenters. The van der Waals surface area contributed by atoms with E-state index in [2.05, 4.69) is 24.1 Å². The molecule has 4 nitrogen and oxygen atoms in total. The molecule has 1 saturated carbocycles. The van der Waals surface area contributed by atoms with Crippen molar-refractivity contribution in [2.75, 3.05) is 19.6 Å². The Morgan fingerprint density at radius 3 is 2.81 bits per heavy atom. The lowest BCUT2D eigenvalue weighted by atomic mass is 9.78. The molecule has 0 bridgehead atoms. The van der Waals surface area contributed by atoms with E-state index >= 15 is 0 Å². The number of aliphatic carboxylic acids is 1. The van der Waals surface area contributed by atoms with Crippen molar-refractivity contribution in [3.8, 4) is 0 Å². The van der Waals surface area contributed by atoms with Crippen LogP contribution >= 0.6 is 0 Å². The van der Waals surface area contributed by atoms with E-state index in [4.69, 9.17) is 0 Å². The Morgan fingerprint density at radius 1 is 1.33 bits per heavy atom. The molecule has 0 aromatic rings.